The van der Waals surface area contributed by atoms with Gasteiger partial charge >= 0.3 is 0 Å². The van der Waals surface area contributed by atoms with E-state index in [0.29, 0.717) is 40.5 Å². The van der Waals surface area contributed by atoms with Crippen molar-refractivity contribution in [3.63, 3.8) is 0 Å². The van der Waals surface area contributed by atoms with E-state index in [4.69, 9.17) is 10.5 Å². The molecule has 0 radical (unpaired) electrons. The molecule has 3 aromatic rings. The number of aromatic nitrogens is 3. The van der Waals surface area contributed by atoms with Crippen molar-refractivity contribution in [3.05, 3.63) is 36.1 Å². The van der Waals surface area contributed by atoms with Gasteiger partial charge in [0, 0.05) is 7.05 Å². The molecule has 3 N–H and O–H groups in total. The van der Waals surface area contributed by atoms with Gasteiger partial charge in [0.25, 0.3) is 0 Å². The molecule has 0 saturated heterocycles. The molecule has 0 saturated carbocycles. The quantitative estimate of drug-likeness (QED) is 0.770. The average Bonchev–Trinajstić information content (AvgIpc) is 2.54. The Bertz CT molecular complexity index is 868. The van der Waals surface area contributed by atoms with Crippen LogP contribution < -0.4 is 15.8 Å². The number of pyridine rings is 1. The highest BCUT2D eigenvalue weighted by molar-refractivity contribution is 5.89. The van der Waals surface area contributed by atoms with Crippen LogP contribution >= 0.6 is 0 Å². The van der Waals surface area contributed by atoms with Crippen molar-refractivity contribution in [2.75, 3.05) is 24.7 Å². The minimum atomic E-state index is -0.404. The number of rotatable bonds is 4. The molecule has 0 amide bonds. The van der Waals surface area contributed by atoms with Crippen molar-refractivity contribution >= 4 is 22.8 Å². The molecule has 3 rings (SSSR count). The minimum Gasteiger partial charge on any atom is -0.493 e. The summed E-state index contributed by atoms with van der Waals surface area (Å²) in [5.74, 6) is 0.712. The van der Waals surface area contributed by atoms with E-state index < -0.39 is 5.82 Å². The van der Waals surface area contributed by atoms with Crippen LogP contribution in [-0.4, -0.2) is 28.6 Å². The SMILES string of the molecule is CCOc1cccc(F)c1-c1ccc2c(NC)nc(N)nc2n1. The fourth-order valence-electron chi connectivity index (χ4n) is 2.39. The number of hydrogen-bond donors (Lipinski definition) is 2. The predicted octanol–water partition coefficient (Wildman–Crippen LogP) is 2.85. The number of halogens is 1. The third kappa shape index (κ3) is 2.73. The summed E-state index contributed by atoms with van der Waals surface area (Å²) in [5.41, 5.74) is 6.82. The van der Waals surface area contributed by atoms with E-state index in [0.717, 1.165) is 0 Å². The number of benzene rings is 1. The Morgan fingerprint density at radius 2 is 2.00 bits per heavy atom. The van der Waals surface area contributed by atoms with Gasteiger partial charge in [-0.15, -0.1) is 0 Å². The zero-order valence-electron chi connectivity index (χ0n) is 12.8. The van der Waals surface area contributed by atoms with Gasteiger partial charge in [-0.25, -0.2) is 9.37 Å². The smallest absolute Gasteiger partial charge is 0.224 e. The zero-order valence-corrected chi connectivity index (χ0v) is 12.8. The second-order valence-corrected chi connectivity index (χ2v) is 4.79. The number of anilines is 2. The van der Waals surface area contributed by atoms with Gasteiger partial charge in [0.05, 0.1) is 23.3 Å². The van der Waals surface area contributed by atoms with Crippen molar-refractivity contribution in [2.45, 2.75) is 6.92 Å². The Labute approximate surface area is 132 Å². The highest BCUT2D eigenvalue weighted by Gasteiger charge is 2.15. The maximum Gasteiger partial charge on any atom is 0.224 e. The van der Waals surface area contributed by atoms with Gasteiger partial charge in [0.2, 0.25) is 5.95 Å². The molecule has 2 heterocycles. The molecule has 0 aliphatic rings. The first-order valence-electron chi connectivity index (χ1n) is 7.17. The Balaban J connectivity index is 2.22. The lowest BCUT2D eigenvalue weighted by Gasteiger charge is -2.12. The molecule has 1 aromatic carbocycles. The zero-order chi connectivity index (χ0) is 16.4. The molecule has 0 spiro atoms. The molecule has 0 bridgehead atoms. The highest BCUT2D eigenvalue weighted by Crippen LogP contribution is 2.33. The Hall–Kier alpha value is -2.96. The van der Waals surface area contributed by atoms with Crippen LogP contribution in [0.1, 0.15) is 6.92 Å². The number of ether oxygens (including phenoxy) is 1. The molecule has 0 aliphatic heterocycles. The van der Waals surface area contributed by atoms with E-state index in [2.05, 4.69) is 20.3 Å². The lowest BCUT2D eigenvalue weighted by molar-refractivity contribution is 0.340. The number of fused-ring (bicyclic) bond motifs is 1. The molecule has 0 unspecified atom stereocenters. The maximum absolute atomic E-state index is 14.3. The summed E-state index contributed by atoms with van der Waals surface area (Å²) in [7, 11) is 1.74. The fraction of sp³-hybridized carbons (Fsp3) is 0.188. The Morgan fingerprint density at radius 3 is 2.74 bits per heavy atom. The third-order valence-corrected chi connectivity index (χ3v) is 3.35. The monoisotopic (exact) mass is 313 g/mol. The first-order chi connectivity index (χ1) is 11.1. The number of nitrogens with zero attached hydrogens (tertiary/aromatic N) is 3. The van der Waals surface area contributed by atoms with E-state index in [1.165, 1.54) is 6.07 Å². The minimum absolute atomic E-state index is 0.102. The molecule has 118 valence electrons. The van der Waals surface area contributed by atoms with Crippen LogP contribution in [0.15, 0.2) is 30.3 Å². The summed E-state index contributed by atoms with van der Waals surface area (Å²) in [4.78, 5) is 12.7. The molecule has 0 fully saturated rings. The lowest BCUT2D eigenvalue weighted by atomic mass is 10.1. The largest absolute Gasteiger partial charge is 0.493 e. The summed E-state index contributed by atoms with van der Waals surface area (Å²) in [6.45, 7) is 2.28. The van der Waals surface area contributed by atoms with Crippen molar-refractivity contribution < 1.29 is 9.13 Å². The van der Waals surface area contributed by atoms with Crippen LogP contribution in [0.4, 0.5) is 16.2 Å². The summed E-state index contributed by atoms with van der Waals surface area (Å²) < 4.78 is 19.8. The Morgan fingerprint density at radius 1 is 1.17 bits per heavy atom. The normalized spacial score (nSPS) is 10.7. The summed E-state index contributed by atoms with van der Waals surface area (Å²) in [6, 6.07) is 8.18. The summed E-state index contributed by atoms with van der Waals surface area (Å²) in [6.07, 6.45) is 0. The molecule has 0 aliphatic carbocycles. The van der Waals surface area contributed by atoms with E-state index in [1.54, 1.807) is 31.3 Å². The van der Waals surface area contributed by atoms with E-state index in [9.17, 15) is 4.39 Å². The standard InChI is InChI=1S/C16H16FN5O/c1-3-23-12-6-4-5-10(17)13(12)11-8-7-9-14(19-2)21-16(18)22-15(9)20-11/h4-8H,3H2,1-2H3,(H3,18,19,20,21,22). The number of nitrogen functional groups attached to an aromatic ring is 1. The van der Waals surface area contributed by atoms with Crippen molar-refractivity contribution in [3.8, 4) is 17.0 Å². The molecule has 23 heavy (non-hydrogen) atoms. The number of hydrogen-bond acceptors (Lipinski definition) is 6. The van der Waals surface area contributed by atoms with Crippen LogP contribution in [-0.2, 0) is 0 Å². The van der Waals surface area contributed by atoms with E-state index in [1.807, 2.05) is 6.92 Å². The third-order valence-electron chi connectivity index (χ3n) is 3.35. The van der Waals surface area contributed by atoms with Gasteiger partial charge in [0.15, 0.2) is 5.65 Å². The van der Waals surface area contributed by atoms with Crippen LogP contribution in [0, 0.1) is 5.82 Å². The van der Waals surface area contributed by atoms with Crippen molar-refractivity contribution in [1.82, 2.24) is 15.0 Å². The second-order valence-electron chi connectivity index (χ2n) is 4.79. The highest BCUT2D eigenvalue weighted by atomic mass is 19.1. The van der Waals surface area contributed by atoms with Crippen molar-refractivity contribution in [1.29, 1.82) is 0 Å². The number of nitrogens with one attached hydrogen (secondary N) is 1. The van der Waals surface area contributed by atoms with E-state index in [-0.39, 0.29) is 5.95 Å². The predicted molar refractivity (Wildman–Crippen MR) is 87.9 cm³/mol. The first-order valence-corrected chi connectivity index (χ1v) is 7.17. The fourth-order valence-corrected chi connectivity index (χ4v) is 2.39. The van der Waals surface area contributed by atoms with Crippen LogP contribution in [0.5, 0.6) is 5.75 Å². The molecular formula is C16H16FN5O. The topological polar surface area (TPSA) is 86.0 Å². The molecule has 7 heteroatoms. The van der Waals surface area contributed by atoms with E-state index >= 15 is 0 Å². The van der Waals surface area contributed by atoms with Crippen LogP contribution in [0.25, 0.3) is 22.3 Å². The van der Waals surface area contributed by atoms with Gasteiger partial charge in [-0.1, -0.05) is 6.07 Å². The van der Waals surface area contributed by atoms with Gasteiger partial charge in [0.1, 0.15) is 17.4 Å². The second kappa shape index (κ2) is 6.04. The van der Waals surface area contributed by atoms with Crippen LogP contribution in [0.3, 0.4) is 0 Å². The summed E-state index contributed by atoms with van der Waals surface area (Å²) in [5, 5.41) is 3.65. The maximum atomic E-state index is 14.3. The van der Waals surface area contributed by atoms with Crippen molar-refractivity contribution in [2.24, 2.45) is 0 Å². The van der Waals surface area contributed by atoms with Gasteiger partial charge in [-0.3, -0.25) is 0 Å². The molecular weight excluding hydrogens is 297 g/mol. The average molecular weight is 313 g/mol. The van der Waals surface area contributed by atoms with Crippen LogP contribution in [0.2, 0.25) is 0 Å². The molecule has 6 nitrogen and oxygen atoms in total. The van der Waals surface area contributed by atoms with Gasteiger partial charge < -0.3 is 15.8 Å². The molecule has 0 atom stereocenters. The van der Waals surface area contributed by atoms with Gasteiger partial charge in [-0.05, 0) is 31.2 Å². The lowest BCUT2D eigenvalue weighted by Crippen LogP contribution is -2.03. The Kier molecular flexibility index (Phi) is 3.92. The van der Waals surface area contributed by atoms with Gasteiger partial charge in [-0.2, -0.15) is 9.97 Å². The number of nitrogens with two attached hydrogens (primary N) is 1. The first kappa shape index (κ1) is 15.0. The summed E-state index contributed by atoms with van der Waals surface area (Å²) >= 11 is 0. The molecule has 2 aromatic heterocycles.